The van der Waals surface area contributed by atoms with Crippen molar-refractivity contribution in [2.45, 2.75) is 56.3 Å². The minimum absolute atomic E-state index is 0.0582. The zero-order valence-electron chi connectivity index (χ0n) is 18.6. The van der Waals surface area contributed by atoms with Gasteiger partial charge in [-0.1, -0.05) is 12.8 Å². The van der Waals surface area contributed by atoms with Crippen LogP contribution in [-0.2, 0) is 18.4 Å². The summed E-state index contributed by atoms with van der Waals surface area (Å²) in [5, 5.41) is 10.3. The normalized spacial score (nSPS) is 29.4. The van der Waals surface area contributed by atoms with E-state index in [1.165, 1.54) is 10.9 Å². The first-order valence-electron chi connectivity index (χ1n) is 10.7. The van der Waals surface area contributed by atoms with Crippen molar-refractivity contribution in [3.63, 3.8) is 0 Å². The molecule has 34 heavy (non-hydrogen) atoms. The molecule has 16 heteroatoms. The van der Waals surface area contributed by atoms with E-state index in [0.717, 1.165) is 32.3 Å². The summed E-state index contributed by atoms with van der Waals surface area (Å²) in [5.41, 5.74) is 0.603. The Kier molecular flexibility index (Phi) is 7.40. The van der Waals surface area contributed by atoms with Gasteiger partial charge in [-0.25, -0.2) is 9.37 Å². The molecule has 2 fully saturated rings. The van der Waals surface area contributed by atoms with Crippen LogP contribution in [0.15, 0.2) is 6.33 Å². The maximum absolute atomic E-state index is 15.0. The molecule has 1 aliphatic heterocycles. The lowest BCUT2D eigenvalue weighted by Gasteiger charge is -2.25. The average molecular weight is 542 g/mol. The van der Waals surface area contributed by atoms with Crippen LogP contribution in [0.2, 0.25) is 5.28 Å². The fourth-order valence-corrected chi connectivity index (χ4v) is 7.92. The third-order valence-electron chi connectivity index (χ3n) is 6.03. The monoisotopic (exact) mass is 541 g/mol. The van der Waals surface area contributed by atoms with Crippen molar-refractivity contribution in [3.8, 4) is 0 Å². The van der Waals surface area contributed by atoms with Crippen molar-refractivity contribution < 1.29 is 37.7 Å². The van der Waals surface area contributed by atoms with E-state index in [9.17, 15) is 24.0 Å². The maximum Gasteiger partial charge on any atom is 0.337 e. The molecule has 0 amide bonds. The summed E-state index contributed by atoms with van der Waals surface area (Å²) in [6, 6.07) is 0.269. The highest BCUT2D eigenvalue weighted by atomic mass is 35.5. The number of rotatable bonds is 8. The summed E-state index contributed by atoms with van der Waals surface area (Å²) in [4.78, 5) is 33.9. The van der Waals surface area contributed by atoms with E-state index in [4.69, 9.17) is 20.9 Å². The molecule has 190 valence electrons. The molecule has 2 aromatic heterocycles. The summed E-state index contributed by atoms with van der Waals surface area (Å²) in [6.45, 7) is 0.257. The molecular formula is C18H27ClFN5O7P2. The molecule has 12 nitrogen and oxygen atoms in total. The van der Waals surface area contributed by atoms with Gasteiger partial charge in [0.25, 0.3) is 0 Å². The summed E-state index contributed by atoms with van der Waals surface area (Å²) >= 11 is 6.16. The third kappa shape index (κ3) is 5.47. The molecule has 0 spiro atoms. The number of aromatic nitrogens is 4. The molecule has 0 bridgehead atoms. The lowest BCUT2D eigenvalue weighted by atomic mass is 10.1. The molecule has 1 aliphatic carbocycles. The van der Waals surface area contributed by atoms with Gasteiger partial charge in [0.05, 0.1) is 12.9 Å². The second-order valence-electron chi connectivity index (χ2n) is 8.82. The van der Waals surface area contributed by atoms with Crippen molar-refractivity contribution >= 4 is 43.5 Å². The molecule has 1 saturated heterocycles. The Labute approximate surface area is 200 Å². The number of alkyl halides is 1. The van der Waals surface area contributed by atoms with Crippen LogP contribution in [0.25, 0.3) is 11.2 Å². The van der Waals surface area contributed by atoms with Crippen LogP contribution in [0, 0.1) is 0 Å². The minimum Gasteiger partial charge on any atom is -0.387 e. The van der Waals surface area contributed by atoms with E-state index in [0.29, 0.717) is 11.3 Å². The number of halogens is 2. The van der Waals surface area contributed by atoms with Crippen molar-refractivity contribution in [2.24, 2.45) is 0 Å². The maximum atomic E-state index is 15.0. The Hall–Kier alpha value is -1.17. The van der Waals surface area contributed by atoms with Crippen LogP contribution in [0.1, 0.15) is 31.9 Å². The van der Waals surface area contributed by atoms with Gasteiger partial charge in [-0.15, -0.1) is 0 Å². The van der Waals surface area contributed by atoms with Gasteiger partial charge in [-0.3, -0.25) is 13.7 Å². The van der Waals surface area contributed by atoms with E-state index < -0.39 is 52.1 Å². The fourth-order valence-electron chi connectivity index (χ4n) is 4.40. The van der Waals surface area contributed by atoms with Gasteiger partial charge >= 0.3 is 7.60 Å². The molecule has 3 N–H and O–H groups in total. The summed E-state index contributed by atoms with van der Waals surface area (Å²) < 4.78 is 50.2. The second kappa shape index (κ2) is 9.71. The van der Waals surface area contributed by atoms with Gasteiger partial charge < -0.3 is 29.1 Å². The molecule has 1 saturated carbocycles. The largest absolute Gasteiger partial charge is 0.387 e. The predicted molar refractivity (Wildman–Crippen MR) is 122 cm³/mol. The van der Waals surface area contributed by atoms with Crippen LogP contribution in [-0.4, -0.2) is 85.1 Å². The smallest absolute Gasteiger partial charge is 0.337 e. The lowest BCUT2D eigenvalue weighted by molar-refractivity contribution is -0.0425. The average Bonchev–Trinajstić information content (AvgIpc) is 3.45. The van der Waals surface area contributed by atoms with Gasteiger partial charge in [0.15, 0.2) is 29.4 Å². The first kappa shape index (κ1) is 25.9. The zero-order valence-corrected chi connectivity index (χ0v) is 21.1. The van der Waals surface area contributed by atoms with Crippen LogP contribution < -0.4 is 4.90 Å². The van der Waals surface area contributed by atoms with Gasteiger partial charge in [-0.05, 0) is 24.4 Å². The number of hydrogen-bond donors (Lipinski definition) is 3. The zero-order chi connectivity index (χ0) is 24.8. The number of ether oxygens (including phenoxy) is 1. The van der Waals surface area contributed by atoms with E-state index in [2.05, 4.69) is 15.0 Å². The molecule has 6 atom stereocenters. The van der Waals surface area contributed by atoms with E-state index >= 15 is 4.39 Å². The quantitative estimate of drug-likeness (QED) is 0.333. The van der Waals surface area contributed by atoms with Gasteiger partial charge in [-0.2, -0.15) is 9.97 Å². The lowest BCUT2D eigenvalue weighted by Crippen LogP contribution is -2.31. The molecule has 2 aromatic rings. The predicted octanol–water partition coefficient (Wildman–Crippen LogP) is 2.51. The summed E-state index contributed by atoms with van der Waals surface area (Å²) in [5.74, 6) is -0.465. The van der Waals surface area contributed by atoms with Crippen LogP contribution >= 0.6 is 26.6 Å². The number of hydrogen-bond acceptors (Lipinski definition) is 9. The molecule has 2 aliphatic rings. The van der Waals surface area contributed by atoms with Crippen molar-refractivity contribution in [2.75, 3.05) is 31.1 Å². The van der Waals surface area contributed by atoms with Crippen LogP contribution in [0.5, 0.6) is 0 Å². The number of fused-ring (bicyclic) bond motifs is 1. The van der Waals surface area contributed by atoms with Crippen LogP contribution in [0.4, 0.5) is 10.2 Å². The SMILES string of the molecule is CN(c1nc(Cl)nc2c1ncn2[C@@H]1O[C@H](COP(=O)(O)CP(C)(=O)O)[C@@H](O)[C@@H]1F)C1CCCC1. The first-order valence-corrected chi connectivity index (χ1v) is 15.2. The van der Waals surface area contributed by atoms with E-state index in [-0.39, 0.29) is 17.0 Å². The molecule has 0 radical (unpaired) electrons. The van der Waals surface area contributed by atoms with Crippen molar-refractivity contribution in [1.82, 2.24) is 19.5 Å². The molecule has 4 rings (SSSR count). The number of aliphatic hydroxyl groups excluding tert-OH is 1. The Bertz CT molecular complexity index is 1140. The highest BCUT2D eigenvalue weighted by Gasteiger charge is 2.47. The van der Waals surface area contributed by atoms with Crippen molar-refractivity contribution in [3.05, 3.63) is 11.6 Å². The van der Waals surface area contributed by atoms with Gasteiger partial charge in [0.2, 0.25) is 12.7 Å². The number of anilines is 1. The highest BCUT2D eigenvalue weighted by molar-refractivity contribution is 7.72. The third-order valence-corrected chi connectivity index (χ3v) is 10.3. The second-order valence-corrected chi connectivity index (χ2v) is 13.9. The Morgan fingerprint density at radius 3 is 2.65 bits per heavy atom. The van der Waals surface area contributed by atoms with E-state index in [1.54, 1.807) is 0 Å². The van der Waals surface area contributed by atoms with Gasteiger partial charge in [0, 0.05) is 19.8 Å². The number of imidazole rings is 1. The topological polar surface area (TPSA) is 160 Å². The fraction of sp³-hybridized carbons (Fsp3) is 0.722. The van der Waals surface area contributed by atoms with Gasteiger partial charge in [0.1, 0.15) is 18.1 Å². The Morgan fingerprint density at radius 2 is 2.00 bits per heavy atom. The summed E-state index contributed by atoms with van der Waals surface area (Å²) in [7, 11) is -6.40. The summed E-state index contributed by atoms with van der Waals surface area (Å²) in [6.07, 6.45) is -0.765. The number of aliphatic hydroxyl groups is 1. The van der Waals surface area contributed by atoms with Crippen LogP contribution in [0.3, 0.4) is 0 Å². The molecule has 3 heterocycles. The molecular weight excluding hydrogens is 515 g/mol. The standard InChI is InChI=1S/C18H27ClFN5O7P2/c1-24(10-5-3-4-6-10)15-13-16(23-18(19)22-15)25(8-21-13)17-12(20)14(26)11(32-17)7-31-34(29,30)9-33(2,27)28/h8,10-12,14,17,26H,3-7,9H2,1-2H3,(H,27,28)(H,29,30)/t11-,12+,14-,17-/m1/s1. The Morgan fingerprint density at radius 1 is 1.32 bits per heavy atom. The Balaban J connectivity index is 1.56. The number of nitrogens with zero attached hydrogens (tertiary/aromatic N) is 5. The minimum atomic E-state index is -4.46. The first-order chi connectivity index (χ1) is 15.9. The molecule has 0 aromatic carbocycles. The highest BCUT2D eigenvalue weighted by Crippen LogP contribution is 2.56. The van der Waals surface area contributed by atoms with Crippen molar-refractivity contribution in [1.29, 1.82) is 0 Å². The van der Waals surface area contributed by atoms with E-state index in [1.807, 2.05) is 11.9 Å². The molecule has 2 unspecified atom stereocenters.